The van der Waals surface area contributed by atoms with Gasteiger partial charge in [-0.05, 0) is 76.8 Å². The van der Waals surface area contributed by atoms with E-state index in [0.717, 1.165) is 69.3 Å². The molecule has 5 aliphatic rings. The summed E-state index contributed by atoms with van der Waals surface area (Å²) in [7, 11) is -0.0890. The van der Waals surface area contributed by atoms with Crippen molar-refractivity contribution in [1.29, 1.82) is 21.0 Å². The van der Waals surface area contributed by atoms with Crippen LogP contribution in [-0.2, 0) is 149 Å². The number of nitrogens with zero attached hydrogens (tertiary/aromatic N) is 4. The molecule has 32 nitrogen and oxygen atoms in total. The summed E-state index contributed by atoms with van der Waals surface area (Å²) >= 11 is 0. The van der Waals surface area contributed by atoms with Crippen LogP contribution in [-0.4, -0.2) is 242 Å². The van der Waals surface area contributed by atoms with E-state index in [1.807, 2.05) is 279 Å². The van der Waals surface area contributed by atoms with E-state index in [9.17, 15) is 14.9 Å². The zero-order chi connectivity index (χ0) is 101. The molecular weight excluding hydrogens is 1860 g/mol. The molecule has 5 saturated heterocycles. The third-order valence-electron chi connectivity index (χ3n) is 21.6. The molecule has 0 amide bonds. The fourth-order valence-corrected chi connectivity index (χ4v) is 15.6. The number of ether oxygens (including phenoxy) is 16. The number of nitriles is 4. The van der Waals surface area contributed by atoms with Gasteiger partial charge in [-0.3, -0.25) is 4.57 Å². The Hall–Kier alpha value is -9.62. The van der Waals surface area contributed by atoms with Gasteiger partial charge in [0.25, 0.3) is 0 Å². The molecule has 0 aliphatic carbocycles. The van der Waals surface area contributed by atoms with Gasteiger partial charge in [-0.25, -0.2) is 0 Å². The first-order valence-corrected chi connectivity index (χ1v) is 48.4. The molecule has 0 bridgehead atoms. The summed E-state index contributed by atoms with van der Waals surface area (Å²) in [6.07, 6.45) is -9.88. The van der Waals surface area contributed by atoms with Crippen molar-refractivity contribution in [2.45, 2.75) is 242 Å². The van der Waals surface area contributed by atoms with Crippen LogP contribution in [0.25, 0.3) is 0 Å². The van der Waals surface area contributed by atoms with Crippen molar-refractivity contribution in [3.63, 3.8) is 0 Å². The Morgan fingerprint density at radius 2 is 0.596 bits per heavy atom. The van der Waals surface area contributed by atoms with Gasteiger partial charge in [-0.15, -0.1) is 12.4 Å². The fraction of sp³-hybridized carbons (Fsp3) is 0.458. The van der Waals surface area contributed by atoms with Gasteiger partial charge in [0.2, 0.25) is 0 Å². The zero-order valence-corrected chi connectivity index (χ0v) is 82.1. The van der Waals surface area contributed by atoms with Crippen LogP contribution in [0.5, 0.6) is 0 Å². The van der Waals surface area contributed by atoms with Gasteiger partial charge in [0.05, 0.1) is 143 Å². The Labute approximate surface area is 834 Å². The number of methoxy groups -OCH3 is 2. The molecule has 9 N–H and O–H groups in total. The first-order valence-electron chi connectivity index (χ1n) is 46.7. The molecule has 20 atom stereocenters. The van der Waals surface area contributed by atoms with E-state index in [-0.39, 0.29) is 80.9 Å². The molecule has 9 aromatic carbocycles. The highest BCUT2D eigenvalue weighted by Crippen LogP contribution is 2.47. The van der Waals surface area contributed by atoms with Crippen molar-refractivity contribution in [2.24, 2.45) is 0 Å². The molecule has 766 valence electrons. The molecule has 5 fully saturated rings. The van der Waals surface area contributed by atoms with Gasteiger partial charge < -0.3 is 131 Å². The second-order valence-electron chi connectivity index (χ2n) is 32.2. The highest BCUT2D eigenvalue weighted by molar-refractivity contribution is 7.54. The summed E-state index contributed by atoms with van der Waals surface area (Å²) in [4.78, 5) is 0. The lowest BCUT2D eigenvalue weighted by Crippen LogP contribution is -2.39. The molecule has 0 radical (unpaired) electrons. The summed E-state index contributed by atoms with van der Waals surface area (Å²) < 4.78 is 114. The molecule has 0 spiro atoms. The highest BCUT2D eigenvalue weighted by Gasteiger charge is 2.50. The Balaban J connectivity index is 0.000000266. The van der Waals surface area contributed by atoms with Crippen LogP contribution in [0.3, 0.4) is 0 Å². The van der Waals surface area contributed by atoms with Crippen LogP contribution >= 0.6 is 20.0 Å². The summed E-state index contributed by atoms with van der Waals surface area (Å²) in [5, 5.41) is 114. The van der Waals surface area contributed by atoms with E-state index >= 15 is 0 Å². The molecule has 34 heteroatoms. The molecule has 5 unspecified atom stereocenters. The van der Waals surface area contributed by atoms with Crippen LogP contribution < -0.4 is 0 Å². The second kappa shape index (κ2) is 71.8. The van der Waals surface area contributed by atoms with Gasteiger partial charge >= 0.3 is 7.60 Å². The monoisotopic (exact) mass is 1990 g/mol. The fourth-order valence-electron chi connectivity index (χ4n) is 14.4. The predicted molar refractivity (Wildman–Crippen MR) is 524 cm³/mol. The van der Waals surface area contributed by atoms with Crippen LogP contribution in [0.15, 0.2) is 273 Å². The van der Waals surface area contributed by atoms with E-state index in [0.29, 0.717) is 105 Å². The lowest BCUT2D eigenvalue weighted by atomic mass is 10.1. The van der Waals surface area contributed by atoms with E-state index in [2.05, 4.69) is 28.5 Å². The number of benzene rings is 9. The van der Waals surface area contributed by atoms with Gasteiger partial charge in [0.1, 0.15) is 97.7 Å². The number of hydrogen-bond acceptors (Lipinski definition) is 32. The topological polar surface area (TPSA) is 460 Å². The van der Waals surface area contributed by atoms with Crippen LogP contribution in [0.1, 0.15) is 109 Å². The van der Waals surface area contributed by atoms with Crippen molar-refractivity contribution >= 4 is 20.0 Å². The van der Waals surface area contributed by atoms with E-state index in [1.54, 1.807) is 27.0 Å². The minimum atomic E-state index is -3.08. The lowest BCUT2D eigenvalue weighted by Gasteiger charge is -2.25. The molecule has 0 aromatic heterocycles. The van der Waals surface area contributed by atoms with E-state index in [4.69, 9.17) is 132 Å². The number of rotatable bonds is 44. The Morgan fingerprint density at radius 3 is 0.865 bits per heavy atom. The summed E-state index contributed by atoms with van der Waals surface area (Å²) in [6.45, 7) is 10.6. The normalized spacial score (nSPS) is 23.8. The first kappa shape index (κ1) is 120. The Bertz CT molecular complexity index is 4820. The average Bonchev–Trinajstić information content (AvgIpc) is 1.67. The molecular formula is C107H138ClN4O28P. The minimum absolute atomic E-state index is 0. The predicted octanol–water partition coefficient (Wildman–Crippen LogP) is 13.6. The maximum Gasteiger partial charge on any atom is 0.344 e. The van der Waals surface area contributed by atoms with E-state index < -0.39 is 94.3 Å². The highest BCUT2D eigenvalue weighted by atomic mass is 35.5. The average molecular weight is 1990 g/mol. The molecule has 5 aliphatic heterocycles. The quantitative estimate of drug-likeness (QED) is 0.0126. The number of hydrogen-bond donors (Lipinski definition) is 9. The molecule has 14 rings (SSSR count). The number of halogens is 1. The van der Waals surface area contributed by atoms with Crippen molar-refractivity contribution in [3.05, 3.63) is 323 Å². The lowest BCUT2D eigenvalue weighted by molar-refractivity contribution is -0.171. The van der Waals surface area contributed by atoms with Crippen molar-refractivity contribution < 1.29 is 135 Å². The smallest absolute Gasteiger partial charge is 0.344 e. The van der Waals surface area contributed by atoms with Gasteiger partial charge in [-0.1, -0.05) is 286 Å². The molecule has 9 aromatic rings. The summed E-state index contributed by atoms with van der Waals surface area (Å²) in [5.74, 6) is 0. The molecule has 0 saturated carbocycles. The Morgan fingerprint density at radius 1 is 0.312 bits per heavy atom. The van der Waals surface area contributed by atoms with Crippen LogP contribution in [0, 0.1) is 45.3 Å². The van der Waals surface area contributed by atoms with Crippen LogP contribution in [0.2, 0.25) is 0 Å². The number of aliphatic hydroxyl groups excluding tert-OH is 9. The van der Waals surface area contributed by atoms with Gasteiger partial charge in [0, 0.05) is 33.7 Å². The SMILES string of the molecule is CCCCC#N.CCOP(=O)(CC#N)OCC.COC1O[C@H](CO)[C@@H](O)[C@H]1O.COC1O[C@H](COCc2ccccc2)[C@@H](OCc2ccccc2)[C@H]1OCc1ccccc1.Cl.N#CCC1O[C@H](COCc2ccccc2)[C@@H](OCc2ccccc2)[C@H]1OCc1ccccc1.N#CCCCO.OC1O[C@H](COCc2ccccc2)[C@@H](OCc2ccccc2)[C@H]1OCc1ccccc1.OC[C@H]1OC(O)[C@H](O)[C@@H]1O. The third-order valence-corrected chi connectivity index (χ3v) is 23.5. The summed E-state index contributed by atoms with van der Waals surface area (Å²) in [5.41, 5.74) is 9.71. The van der Waals surface area contributed by atoms with Gasteiger partial charge in [-0.2, -0.15) is 21.0 Å². The molecule has 5 heterocycles. The number of unbranched alkanes of at least 4 members (excludes halogenated alkanes) is 3. The zero-order valence-electron chi connectivity index (χ0n) is 80.4. The van der Waals surface area contributed by atoms with Crippen molar-refractivity contribution in [2.75, 3.05) is 73.2 Å². The number of aliphatic hydroxyl groups is 9. The first-order chi connectivity index (χ1) is 68.3. The Kier molecular flexibility index (Phi) is 61.1. The molecule has 141 heavy (non-hydrogen) atoms. The van der Waals surface area contributed by atoms with Crippen LogP contribution in [0.4, 0.5) is 0 Å². The maximum atomic E-state index is 11.3. The van der Waals surface area contributed by atoms with E-state index in [1.165, 1.54) is 7.11 Å². The largest absolute Gasteiger partial charge is 0.396 e. The maximum absolute atomic E-state index is 11.3. The third kappa shape index (κ3) is 44.6. The van der Waals surface area contributed by atoms with Crippen molar-refractivity contribution in [1.82, 2.24) is 0 Å². The standard InChI is InChI=1S/C28H29NO4.C27H30O5.C26H28O5.C6H12NO3P.C6H12O5.C5H9N.C5H10O5.C4H7NO.ClH/c29-17-16-25-27(31-19-23-12-6-2-7-13-23)28(32-20-24-14-8-3-9-15-24)26(33-25)21-30-18-22-10-4-1-5-11-22;1-28-27-26(31-19-23-15-9-4-10-16-23)25(30-18-22-13-7-3-8-14-22)24(32-27)20-29-17-21-11-5-2-6-12-21;27-26-25(30-18-22-14-8-3-9-15-22)24(29-17-21-12-6-2-7-13-21)23(31-26)19-28-16-20-10-4-1-5-11-20;1-3-9-11(8,6-5-7)10-4-2;1-10-6-5(9)4(8)3(2-7)11-6;1-2-3-4-5-6;6-1-2-3(7)4(8)5(9)10-2;5-3-1-2-4-6;/h1-15,25-28H,16,18-21H2;2-16,24-27H,17-20H2,1H3;1-15,23-27H,16-19H2;3-4,6H2,1-2H3;3-9H,2H2,1H3;2-4H2,1H3;2-9H,1H2;6H,1-2,4H2;1H/t25?,26-,27+,28-;24-,25-,26-,27?;23-,24-,25-,26?;;3-,4-,5-,6?;;2-,3-,4-,5?;;/m111.1.1../s1. The second-order valence-corrected chi connectivity index (χ2v) is 34.2. The van der Waals surface area contributed by atoms with Crippen molar-refractivity contribution in [3.8, 4) is 24.3 Å². The minimum Gasteiger partial charge on any atom is -0.396 e. The summed E-state index contributed by atoms with van der Waals surface area (Å²) in [6, 6.07) is 98.1. The van der Waals surface area contributed by atoms with Gasteiger partial charge in [0.15, 0.2) is 25.2 Å².